The second kappa shape index (κ2) is 6.94. The number of amides is 1. The van der Waals surface area contributed by atoms with Crippen LogP contribution in [0.1, 0.15) is 63.0 Å². The van der Waals surface area contributed by atoms with Gasteiger partial charge in [0.05, 0.1) is 0 Å². The Morgan fingerprint density at radius 2 is 1.96 bits per heavy atom. The first-order valence-electron chi connectivity index (χ1n) is 9.58. The van der Waals surface area contributed by atoms with Crippen LogP contribution in [0.25, 0.3) is 0 Å². The van der Waals surface area contributed by atoms with Crippen molar-refractivity contribution in [1.29, 1.82) is 0 Å². The van der Waals surface area contributed by atoms with Crippen LogP contribution in [0.3, 0.4) is 0 Å². The van der Waals surface area contributed by atoms with Crippen molar-refractivity contribution in [2.75, 3.05) is 13.1 Å². The number of carbonyl (C=O) groups is 1. The lowest BCUT2D eigenvalue weighted by Crippen LogP contribution is -2.51. The van der Waals surface area contributed by atoms with Crippen molar-refractivity contribution in [3.8, 4) is 5.75 Å². The molecule has 27 heavy (non-hydrogen) atoms. The van der Waals surface area contributed by atoms with E-state index >= 15 is 0 Å². The summed E-state index contributed by atoms with van der Waals surface area (Å²) in [6, 6.07) is 5.73. The third kappa shape index (κ3) is 3.96. The number of likely N-dealkylation sites (tertiary alicyclic amines) is 1. The topological polar surface area (TPSA) is 71.1 Å². The molecule has 1 aromatic heterocycles. The van der Waals surface area contributed by atoms with Gasteiger partial charge < -0.3 is 9.64 Å². The Labute approximate surface area is 158 Å². The molecule has 2 aromatic rings. The summed E-state index contributed by atoms with van der Waals surface area (Å²) in [4.78, 5) is 19.6. The van der Waals surface area contributed by atoms with Crippen LogP contribution in [0.15, 0.2) is 24.3 Å². The molecule has 2 aliphatic rings. The van der Waals surface area contributed by atoms with Crippen molar-refractivity contribution in [3.05, 3.63) is 41.7 Å². The van der Waals surface area contributed by atoms with E-state index in [2.05, 4.69) is 15.2 Å². The summed E-state index contributed by atoms with van der Waals surface area (Å²) in [6.07, 6.45) is 4.25. The number of aromatic nitrogens is 3. The molecule has 7 heteroatoms. The second-order valence-electron chi connectivity index (χ2n) is 8.01. The molecule has 0 radical (unpaired) electrons. The average molecular weight is 372 g/mol. The normalized spacial score (nSPS) is 20.6. The molecule has 1 saturated carbocycles. The fourth-order valence-electron chi connectivity index (χ4n) is 3.60. The smallest absolute Gasteiger partial charge is 0.266 e. The lowest BCUT2D eigenvalue weighted by molar-refractivity contribution is -0.146. The van der Waals surface area contributed by atoms with E-state index in [0.29, 0.717) is 24.8 Å². The van der Waals surface area contributed by atoms with E-state index < -0.39 is 5.60 Å². The van der Waals surface area contributed by atoms with E-state index in [9.17, 15) is 9.18 Å². The molecule has 144 valence electrons. The fourth-order valence-corrected chi connectivity index (χ4v) is 3.60. The molecule has 6 nitrogen and oxygen atoms in total. The molecular formula is C20H25FN4O2. The Balaban J connectivity index is 1.42. The van der Waals surface area contributed by atoms with Crippen LogP contribution in [-0.4, -0.2) is 44.7 Å². The number of ether oxygens (including phenoxy) is 1. The lowest BCUT2D eigenvalue weighted by atomic mass is 9.95. The molecule has 1 N–H and O–H groups in total. The number of hydrogen-bond donors (Lipinski definition) is 1. The molecule has 2 heterocycles. The van der Waals surface area contributed by atoms with Gasteiger partial charge in [-0.2, -0.15) is 5.10 Å². The minimum atomic E-state index is -1.03. The van der Waals surface area contributed by atoms with Crippen molar-refractivity contribution in [3.63, 3.8) is 0 Å². The van der Waals surface area contributed by atoms with Crippen LogP contribution in [0.2, 0.25) is 0 Å². The molecule has 2 fully saturated rings. The highest BCUT2D eigenvalue weighted by atomic mass is 19.1. The Kier molecular flexibility index (Phi) is 4.61. The van der Waals surface area contributed by atoms with Gasteiger partial charge in [0.15, 0.2) is 11.4 Å². The first-order chi connectivity index (χ1) is 12.9. The highest BCUT2D eigenvalue weighted by Gasteiger charge is 2.38. The Morgan fingerprint density at radius 1 is 1.22 bits per heavy atom. The predicted octanol–water partition coefficient (Wildman–Crippen LogP) is 3.38. The number of H-pyrrole nitrogens is 1. The minimum absolute atomic E-state index is 0.0746. The average Bonchev–Trinajstić information content (AvgIpc) is 3.40. The van der Waals surface area contributed by atoms with Crippen molar-refractivity contribution in [1.82, 2.24) is 20.1 Å². The van der Waals surface area contributed by atoms with Gasteiger partial charge in [-0.3, -0.25) is 9.89 Å². The summed E-state index contributed by atoms with van der Waals surface area (Å²) in [5.41, 5.74) is -1.03. The quantitative estimate of drug-likeness (QED) is 0.873. The van der Waals surface area contributed by atoms with Gasteiger partial charge in [0.1, 0.15) is 17.4 Å². The van der Waals surface area contributed by atoms with E-state index in [4.69, 9.17) is 4.74 Å². The zero-order valence-corrected chi connectivity index (χ0v) is 15.7. The van der Waals surface area contributed by atoms with Crippen LogP contribution >= 0.6 is 0 Å². The summed E-state index contributed by atoms with van der Waals surface area (Å²) in [5.74, 6) is 2.55. The molecule has 1 unspecified atom stereocenters. The lowest BCUT2D eigenvalue weighted by Gasteiger charge is -2.37. The summed E-state index contributed by atoms with van der Waals surface area (Å²) in [7, 11) is 0. The zero-order valence-electron chi connectivity index (χ0n) is 15.7. The first-order valence-corrected chi connectivity index (χ1v) is 9.58. The van der Waals surface area contributed by atoms with E-state index in [1.807, 2.05) is 4.90 Å². The number of piperidine rings is 1. The second-order valence-corrected chi connectivity index (χ2v) is 8.01. The maximum Gasteiger partial charge on any atom is 0.266 e. The molecule has 1 amide bonds. The van der Waals surface area contributed by atoms with Gasteiger partial charge >= 0.3 is 0 Å². The van der Waals surface area contributed by atoms with Crippen molar-refractivity contribution in [2.45, 2.75) is 57.0 Å². The number of carbonyl (C=O) groups excluding carboxylic acids is 1. The molecule has 1 saturated heterocycles. The van der Waals surface area contributed by atoms with E-state index in [-0.39, 0.29) is 17.6 Å². The van der Waals surface area contributed by atoms with Crippen molar-refractivity contribution >= 4 is 5.91 Å². The molecule has 1 aliphatic heterocycles. The monoisotopic (exact) mass is 372 g/mol. The van der Waals surface area contributed by atoms with Gasteiger partial charge in [0.25, 0.3) is 5.91 Å². The van der Waals surface area contributed by atoms with Gasteiger partial charge in [-0.15, -0.1) is 0 Å². The highest BCUT2D eigenvalue weighted by molar-refractivity contribution is 5.85. The fraction of sp³-hybridized carbons (Fsp3) is 0.550. The summed E-state index contributed by atoms with van der Waals surface area (Å²) in [6.45, 7) is 4.79. The maximum absolute atomic E-state index is 13.1. The minimum Gasteiger partial charge on any atom is -0.478 e. The largest absolute Gasteiger partial charge is 0.478 e. The summed E-state index contributed by atoms with van der Waals surface area (Å²) in [5, 5.41) is 7.45. The van der Waals surface area contributed by atoms with Crippen LogP contribution in [0, 0.1) is 5.82 Å². The van der Waals surface area contributed by atoms with Crippen LogP contribution < -0.4 is 4.74 Å². The number of hydrogen-bond acceptors (Lipinski definition) is 4. The SMILES string of the molecule is CC(C)(Oc1ccc(F)cc1)C(=O)N1CCCC(c2n[nH]c(C3CC3)n2)C1. The number of aromatic amines is 1. The maximum atomic E-state index is 13.1. The number of benzene rings is 1. The summed E-state index contributed by atoms with van der Waals surface area (Å²) >= 11 is 0. The molecule has 0 spiro atoms. The molecule has 4 rings (SSSR count). The standard InChI is InChI=1S/C20H25FN4O2/c1-20(2,27-16-9-7-15(21)8-10-16)19(26)25-11-3-4-14(12-25)18-22-17(23-24-18)13-5-6-13/h7-10,13-14H,3-6,11-12H2,1-2H3,(H,22,23,24). The molecule has 0 bridgehead atoms. The van der Waals surface area contributed by atoms with Crippen LogP contribution in [0.5, 0.6) is 5.75 Å². The third-order valence-corrected chi connectivity index (χ3v) is 5.26. The number of nitrogens with one attached hydrogen (secondary N) is 1. The summed E-state index contributed by atoms with van der Waals surface area (Å²) < 4.78 is 18.9. The Bertz CT molecular complexity index is 814. The number of rotatable bonds is 5. The van der Waals surface area contributed by atoms with Gasteiger partial charge in [0.2, 0.25) is 0 Å². The highest BCUT2D eigenvalue weighted by Crippen LogP contribution is 2.38. The Morgan fingerprint density at radius 3 is 2.67 bits per heavy atom. The number of halogens is 1. The van der Waals surface area contributed by atoms with E-state index in [0.717, 1.165) is 24.5 Å². The Hall–Kier alpha value is -2.44. The van der Waals surface area contributed by atoms with Gasteiger partial charge in [0, 0.05) is 24.9 Å². The zero-order chi connectivity index (χ0) is 19.0. The van der Waals surface area contributed by atoms with Crippen LogP contribution in [-0.2, 0) is 4.79 Å². The van der Waals surface area contributed by atoms with E-state index in [1.165, 1.54) is 37.1 Å². The molecule has 1 aromatic carbocycles. The first kappa shape index (κ1) is 17.9. The molecule has 1 aliphatic carbocycles. The molecule has 1 atom stereocenters. The van der Waals surface area contributed by atoms with Gasteiger partial charge in [-0.1, -0.05) is 0 Å². The van der Waals surface area contributed by atoms with Crippen LogP contribution in [0.4, 0.5) is 4.39 Å². The molecular weight excluding hydrogens is 347 g/mol. The van der Waals surface area contributed by atoms with Crippen molar-refractivity contribution in [2.24, 2.45) is 0 Å². The van der Waals surface area contributed by atoms with Gasteiger partial charge in [-0.25, -0.2) is 9.37 Å². The van der Waals surface area contributed by atoms with Gasteiger partial charge in [-0.05, 0) is 63.8 Å². The predicted molar refractivity (Wildman–Crippen MR) is 98.0 cm³/mol. The third-order valence-electron chi connectivity index (χ3n) is 5.26. The van der Waals surface area contributed by atoms with Crippen molar-refractivity contribution < 1.29 is 13.9 Å². The number of nitrogens with zero attached hydrogens (tertiary/aromatic N) is 3. The van der Waals surface area contributed by atoms with E-state index in [1.54, 1.807) is 13.8 Å².